The van der Waals surface area contributed by atoms with Crippen molar-refractivity contribution < 1.29 is 4.42 Å². The molecule has 0 bridgehead atoms. The van der Waals surface area contributed by atoms with E-state index in [1.807, 2.05) is 37.4 Å². The lowest BCUT2D eigenvalue weighted by atomic mass is 10.1. The maximum absolute atomic E-state index is 6.13. The first-order valence-corrected chi connectivity index (χ1v) is 8.31. The molecule has 0 aliphatic heterocycles. The molecule has 4 heterocycles. The van der Waals surface area contributed by atoms with Gasteiger partial charge in [0, 0.05) is 43.7 Å². The van der Waals surface area contributed by atoms with Gasteiger partial charge in [-0.15, -0.1) is 11.3 Å². The number of fused-ring (bicyclic) bond motifs is 5. The topological polar surface area (TPSA) is 38.9 Å². The number of aryl methyl sites for hydroxylation is 1. The molecule has 5 aromatic rings. The molecular weight excluding hydrogens is 304 g/mol. The van der Waals surface area contributed by atoms with Crippen LogP contribution < -0.4 is 0 Å². The van der Waals surface area contributed by atoms with E-state index in [1.54, 1.807) is 11.3 Å². The maximum Gasteiger partial charge on any atom is 0.227 e. The number of hydrogen-bond acceptors (Lipinski definition) is 4. The van der Waals surface area contributed by atoms with Gasteiger partial charge in [0.25, 0.3) is 0 Å². The van der Waals surface area contributed by atoms with E-state index in [9.17, 15) is 0 Å². The number of thiophene rings is 1. The summed E-state index contributed by atoms with van der Waals surface area (Å²) in [6.45, 7) is 1.98. The van der Waals surface area contributed by atoms with Gasteiger partial charge in [0.1, 0.15) is 5.58 Å². The molecule has 23 heavy (non-hydrogen) atoms. The van der Waals surface area contributed by atoms with Gasteiger partial charge < -0.3 is 4.42 Å². The molecule has 0 atom stereocenters. The summed E-state index contributed by atoms with van der Waals surface area (Å²) >= 11 is 1.72. The van der Waals surface area contributed by atoms with Crippen molar-refractivity contribution in [1.29, 1.82) is 0 Å². The Balaban J connectivity index is 1.95. The summed E-state index contributed by atoms with van der Waals surface area (Å²) in [5.74, 6) is 0. The summed E-state index contributed by atoms with van der Waals surface area (Å²) in [6.07, 6.45) is 1.82. The lowest BCUT2D eigenvalue weighted by Crippen LogP contribution is -1.80. The van der Waals surface area contributed by atoms with Crippen LogP contribution in [0.15, 0.2) is 58.5 Å². The second-order valence-electron chi connectivity index (χ2n) is 5.59. The molecule has 5 rings (SSSR count). The van der Waals surface area contributed by atoms with Crippen LogP contribution in [0.5, 0.6) is 0 Å². The molecule has 0 spiro atoms. The fourth-order valence-electron chi connectivity index (χ4n) is 3.04. The molecule has 0 radical (unpaired) electrons. The minimum absolute atomic E-state index is 0.700. The molecule has 0 N–H and O–H groups in total. The van der Waals surface area contributed by atoms with Crippen LogP contribution in [0.3, 0.4) is 0 Å². The maximum atomic E-state index is 6.13. The number of aromatic nitrogens is 2. The van der Waals surface area contributed by atoms with E-state index in [1.165, 1.54) is 4.70 Å². The van der Waals surface area contributed by atoms with Gasteiger partial charge in [0.2, 0.25) is 5.71 Å². The summed E-state index contributed by atoms with van der Waals surface area (Å²) < 4.78 is 7.34. The Hall–Kier alpha value is -2.72. The van der Waals surface area contributed by atoms with E-state index in [0.717, 1.165) is 38.7 Å². The minimum Gasteiger partial charge on any atom is -0.437 e. The Morgan fingerprint density at radius 2 is 1.91 bits per heavy atom. The molecule has 4 aromatic heterocycles. The van der Waals surface area contributed by atoms with Crippen molar-refractivity contribution in [3.8, 4) is 11.3 Å². The Labute approximate surface area is 136 Å². The molecule has 0 unspecified atom stereocenters. The van der Waals surface area contributed by atoms with E-state index in [2.05, 4.69) is 33.5 Å². The first kappa shape index (κ1) is 12.8. The van der Waals surface area contributed by atoms with Gasteiger partial charge in [-0.1, -0.05) is 6.07 Å². The van der Waals surface area contributed by atoms with Crippen molar-refractivity contribution in [2.75, 3.05) is 0 Å². The third-order valence-corrected chi connectivity index (χ3v) is 5.07. The van der Waals surface area contributed by atoms with Crippen molar-refractivity contribution in [2.45, 2.75) is 6.92 Å². The van der Waals surface area contributed by atoms with E-state index >= 15 is 0 Å². The highest BCUT2D eigenvalue weighted by molar-refractivity contribution is 7.18. The summed E-state index contributed by atoms with van der Waals surface area (Å²) in [7, 11) is 0. The number of nitrogens with zero attached hydrogens (tertiary/aromatic N) is 2. The lowest BCUT2D eigenvalue weighted by molar-refractivity contribution is 0.656. The zero-order valence-electron chi connectivity index (χ0n) is 12.4. The summed E-state index contributed by atoms with van der Waals surface area (Å²) in [4.78, 5) is 9.02. The van der Waals surface area contributed by atoms with Crippen LogP contribution in [0.2, 0.25) is 0 Å². The third kappa shape index (κ3) is 1.82. The largest absolute Gasteiger partial charge is 0.437 e. The number of rotatable bonds is 1. The summed E-state index contributed by atoms with van der Waals surface area (Å²) in [6, 6.07) is 14.4. The monoisotopic (exact) mass is 316 g/mol. The minimum atomic E-state index is 0.700. The highest BCUT2D eigenvalue weighted by Gasteiger charge is 2.16. The van der Waals surface area contributed by atoms with Gasteiger partial charge in [-0.05, 0) is 43.3 Å². The van der Waals surface area contributed by atoms with E-state index < -0.39 is 0 Å². The van der Waals surface area contributed by atoms with Gasteiger partial charge in [0.15, 0.2) is 0 Å². The Morgan fingerprint density at radius 1 is 1.00 bits per heavy atom. The van der Waals surface area contributed by atoms with Crippen LogP contribution in [0, 0.1) is 6.92 Å². The molecule has 0 aliphatic carbocycles. The van der Waals surface area contributed by atoms with Crippen LogP contribution in [-0.2, 0) is 0 Å². The molecule has 3 nitrogen and oxygen atoms in total. The van der Waals surface area contributed by atoms with Crippen molar-refractivity contribution in [2.24, 2.45) is 0 Å². The number of hydrogen-bond donors (Lipinski definition) is 0. The van der Waals surface area contributed by atoms with Crippen molar-refractivity contribution >= 4 is 43.5 Å². The molecule has 0 fully saturated rings. The smallest absolute Gasteiger partial charge is 0.227 e. The van der Waals surface area contributed by atoms with Gasteiger partial charge in [-0.2, -0.15) is 0 Å². The average molecular weight is 316 g/mol. The van der Waals surface area contributed by atoms with Gasteiger partial charge in [0.05, 0.1) is 5.69 Å². The summed E-state index contributed by atoms with van der Waals surface area (Å²) in [5, 5.41) is 5.45. The van der Waals surface area contributed by atoms with E-state index in [0.29, 0.717) is 5.71 Å². The van der Waals surface area contributed by atoms with Crippen molar-refractivity contribution in [3.63, 3.8) is 0 Å². The van der Waals surface area contributed by atoms with E-state index in [4.69, 9.17) is 4.42 Å². The van der Waals surface area contributed by atoms with Gasteiger partial charge in [-0.25, -0.2) is 4.98 Å². The van der Waals surface area contributed by atoms with Crippen LogP contribution >= 0.6 is 11.3 Å². The molecule has 0 saturated heterocycles. The van der Waals surface area contributed by atoms with Crippen LogP contribution in [-0.4, -0.2) is 9.97 Å². The Morgan fingerprint density at radius 3 is 2.78 bits per heavy atom. The van der Waals surface area contributed by atoms with Crippen LogP contribution in [0.25, 0.3) is 43.4 Å². The molecule has 0 amide bonds. The quantitative estimate of drug-likeness (QED) is 0.406. The fourth-order valence-corrected chi connectivity index (χ4v) is 3.99. The highest BCUT2D eigenvalue weighted by atomic mass is 32.1. The molecule has 0 saturated carbocycles. The Kier molecular flexibility index (Phi) is 2.58. The van der Waals surface area contributed by atoms with E-state index in [-0.39, 0.29) is 0 Å². The molecule has 4 heteroatoms. The highest BCUT2D eigenvalue weighted by Crippen LogP contribution is 2.41. The van der Waals surface area contributed by atoms with Crippen LogP contribution in [0.1, 0.15) is 5.69 Å². The van der Waals surface area contributed by atoms with Crippen molar-refractivity contribution in [1.82, 2.24) is 9.97 Å². The Bertz CT molecular complexity index is 1170. The van der Waals surface area contributed by atoms with Crippen molar-refractivity contribution in [3.05, 3.63) is 59.7 Å². The number of pyridine rings is 2. The van der Waals surface area contributed by atoms with Gasteiger partial charge in [-0.3, -0.25) is 4.98 Å². The number of furan rings is 1. The molecule has 110 valence electrons. The predicted molar refractivity (Wildman–Crippen MR) is 94.9 cm³/mol. The predicted octanol–water partition coefficient (Wildman–Crippen LogP) is 5.57. The lowest BCUT2D eigenvalue weighted by Gasteiger charge is -1.99. The molecular formula is C19H12N2OS. The zero-order chi connectivity index (χ0) is 15.4. The second-order valence-corrected chi connectivity index (χ2v) is 6.50. The average Bonchev–Trinajstić information content (AvgIpc) is 3.15. The first-order valence-electron chi connectivity index (χ1n) is 7.43. The fraction of sp³-hybridized carbons (Fsp3) is 0.0526. The zero-order valence-corrected chi connectivity index (χ0v) is 13.2. The normalized spacial score (nSPS) is 11.7. The SMILES string of the molecule is Cc1ccc2c(n1)oc1c2ccc2scc(-c3ccccn3)c21. The number of benzene rings is 1. The molecule has 1 aromatic carbocycles. The standard InChI is InChI=1S/C19H12N2OS/c1-11-5-6-13-12-7-8-16-17(18(12)22-19(13)21-11)14(10-23-16)15-4-2-3-9-20-15/h2-10H,1H3. The second kappa shape index (κ2) is 4.64. The molecule has 0 aliphatic rings. The first-order chi connectivity index (χ1) is 11.3. The van der Waals surface area contributed by atoms with Gasteiger partial charge >= 0.3 is 0 Å². The third-order valence-electron chi connectivity index (χ3n) is 4.12. The van der Waals surface area contributed by atoms with Crippen LogP contribution in [0.4, 0.5) is 0 Å². The summed E-state index contributed by atoms with van der Waals surface area (Å²) in [5.41, 5.74) is 4.65.